The fourth-order valence-corrected chi connectivity index (χ4v) is 2.04. The third-order valence-electron chi connectivity index (χ3n) is 3.24. The zero-order valence-corrected chi connectivity index (χ0v) is 8.44. The van der Waals surface area contributed by atoms with E-state index in [2.05, 4.69) is 4.90 Å². The van der Waals surface area contributed by atoms with Gasteiger partial charge in [-0.15, -0.1) is 0 Å². The third-order valence-corrected chi connectivity index (χ3v) is 3.24. The van der Waals surface area contributed by atoms with Gasteiger partial charge in [0.15, 0.2) is 0 Å². The van der Waals surface area contributed by atoms with Gasteiger partial charge in [0, 0.05) is 31.5 Å². The van der Waals surface area contributed by atoms with Crippen molar-refractivity contribution in [2.75, 3.05) is 19.6 Å². The van der Waals surface area contributed by atoms with Crippen LogP contribution in [0.4, 0.5) is 8.78 Å². The molecular formula is C10H18F2N2. The van der Waals surface area contributed by atoms with E-state index >= 15 is 0 Å². The number of alkyl halides is 2. The van der Waals surface area contributed by atoms with Gasteiger partial charge in [-0.3, -0.25) is 0 Å². The molecule has 1 aliphatic heterocycles. The average Bonchev–Trinajstić information content (AvgIpc) is 2.80. The first-order valence-electron chi connectivity index (χ1n) is 5.38. The number of rotatable bonds is 2. The van der Waals surface area contributed by atoms with E-state index in [0.717, 1.165) is 25.9 Å². The van der Waals surface area contributed by atoms with E-state index in [4.69, 9.17) is 5.73 Å². The highest BCUT2D eigenvalue weighted by Gasteiger charge is 2.41. The predicted molar refractivity (Wildman–Crippen MR) is 51.4 cm³/mol. The molecular weight excluding hydrogens is 186 g/mol. The SMILES string of the molecule is NC1(CN2CCCC(F)(F)CC2)CC1. The molecule has 1 saturated carbocycles. The molecule has 14 heavy (non-hydrogen) atoms. The van der Waals surface area contributed by atoms with Gasteiger partial charge in [-0.05, 0) is 25.8 Å². The third kappa shape index (κ3) is 2.64. The lowest BCUT2D eigenvalue weighted by atomic mass is 10.1. The lowest BCUT2D eigenvalue weighted by molar-refractivity contribution is -0.0132. The summed E-state index contributed by atoms with van der Waals surface area (Å²) in [7, 11) is 0. The Morgan fingerprint density at radius 2 is 1.79 bits per heavy atom. The van der Waals surface area contributed by atoms with Crippen molar-refractivity contribution in [2.24, 2.45) is 5.73 Å². The molecule has 0 spiro atoms. The summed E-state index contributed by atoms with van der Waals surface area (Å²) >= 11 is 0. The Morgan fingerprint density at radius 3 is 2.43 bits per heavy atom. The molecule has 2 nitrogen and oxygen atoms in total. The van der Waals surface area contributed by atoms with Gasteiger partial charge in [0.1, 0.15) is 0 Å². The Morgan fingerprint density at radius 1 is 1.07 bits per heavy atom. The topological polar surface area (TPSA) is 29.3 Å². The first kappa shape index (κ1) is 10.3. The highest BCUT2D eigenvalue weighted by atomic mass is 19.3. The van der Waals surface area contributed by atoms with Crippen LogP contribution in [0, 0.1) is 0 Å². The van der Waals surface area contributed by atoms with Crippen LogP contribution in [-0.4, -0.2) is 36.0 Å². The number of hydrogen-bond donors (Lipinski definition) is 1. The molecule has 0 aromatic carbocycles. The zero-order chi connectivity index (χ0) is 10.2. The molecule has 1 heterocycles. The number of likely N-dealkylation sites (tertiary alicyclic amines) is 1. The number of hydrogen-bond acceptors (Lipinski definition) is 2. The van der Waals surface area contributed by atoms with Crippen LogP contribution in [0.2, 0.25) is 0 Å². The lowest BCUT2D eigenvalue weighted by Crippen LogP contribution is -2.40. The van der Waals surface area contributed by atoms with Crippen molar-refractivity contribution in [1.29, 1.82) is 0 Å². The summed E-state index contributed by atoms with van der Waals surface area (Å²) in [4.78, 5) is 2.11. The Balaban J connectivity index is 1.83. The van der Waals surface area contributed by atoms with E-state index in [1.807, 2.05) is 0 Å². The van der Waals surface area contributed by atoms with E-state index in [0.29, 0.717) is 13.0 Å². The Labute approximate surface area is 83.4 Å². The maximum atomic E-state index is 13.0. The van der Waals surface area contributed by atoms with E-state index in [1.54, 1.807) is 0 Å². The predicted octanol–water partition coefficient (Wildman–Crippen LogP) is 1.60. The molecule has 1 saturated heterocycles. The van der Waals surface area contributed by atoms with Crippen molar-refractivity contribution in [1.82, 2.24) is 4.90 Å². The number of nitrogens with zero attached hydrogens (tertiary/aromatic N) is 1. The molecule has 2 N–H and O–H groups in total. The van der Waals surface area contributed by atoms with Crippen LogP contribution in [0.25, 0.3) is 0 Å². The standard InChI is InChI=1S/C10H18F2N2/c11-10(12)2-1-6-14(7-5-10)8-9(13)3-4-9/h1-8,13H2. The van der Waals surface area contributed by atoms with Gasteiger partial charge in [0.05, 0.1) is 0 Å². The van der Waals surface area contributed by atoms with Crippen LogP contribution in [-0.2, 0) is 0 Å². The minimum absolute atomic E-state index is 0.00306. The smallest absolute Gasteiger partial charge is 0.249 e. The average molecular weight is 204 g/mol. The van der Waals surface area contributed by atoms with Crippen LogP contribution in [0.15, 0.2) is 0 Å². The molecule has 1 aliphatic carbocycles. The quantitative estimate of drug-likeness (QED) is 0.740. The molecule has 2 fully saturated rings. The minimum atomic E-state index is -2.44. The largest absolute Gasteiger partial charge is 0.324 e. The van der Waals surface area contributed by atoms with Crippen molar-refractivity contribution in [3.05, 3.63) is 0 Å². The van der Waals surface area contributed by atoms with E-state index < -0.39 is 5.92 Å². The second kappa shape index (κ2) is 3.42. The molecule has 0 atom stereocenters. The van der Waals surface area contributed by atoms with E-state index in [-0.39, 0.29) is 18.4 Å². The second-order valence-electron chi connectivity index (χ2n) is 4.85. The van der Waals surface area contributed by atoms with E-state index in [9.17, 15) is 8.78 Å². The summed E-state index contributed by atoms with van der Waals surface area (Å²) in [5.41, 5.74) is 5.92. The molecule has 0 bridgehead atoms. The molecule has 0 unspecified atom stereocenters. The van der Waals surface area contributed by atoms with Crippen molar-refractivity contribution >= 4 is 0 Å². The molecule has 0 radical (unpaired) electrons. The van der Waals surface area contributed by atoms with Gasteiger partial charge < -0.3 is 10.6 Å². The Bertz CT molecular complexity index is 214. The van der Waals surface area contributed by atoms with Crippen molar-refractivity contribution < 1.29 is 8.78 Å². The summed E-state index contributed by atoms with van der Waals surface area (Å²) in [6, 6.07) is 0. The fraction of sp³-hybridized carbons (Fsp3) is 1.00. The summed E-state index contributed by atoms with van der Waals surface area (Å²) in [5, 5.41) is 0. The van der Waals surface area contributed by atoms with Crippen LogP contribution in [0.5, 0.6) is 0 Å². The molecule has 0 aromatic heterocycles. The van der Waals surface area contributed by atoms with Crippen LogP contribution in [0.3, 0.4) is 0 Å². The van der Waals surface area contributed by atoms with Crippen LogP contribution in [0.1, 0.15) is 32.1 Å². The summed E-state index contributed by atoms with van der Waals surface area (Å²) in [5.74, 6) is -2.44. The zero-order valence-electron chi connectivity index (χ0n) is 8.44. The van der Waals surface area contributed by atoms with Gasteiger partial charge >= 0.3 is 0 Å². The van der Waals surface area contributed by atoms with Gasteiger partial charge in [0.2, 0.25) is 5.92 Å². The molecule has 0 aromatic rings. The monoisotopic (exact) mass is 204 g/mol. The fourth-order valence-electron chi connectivity index (χ4n) is 2.04. The second-order valence-corrected chi connectivity index (χ2v) is 4.85. The molecule has 82 valence electrons. The van der Waals surface area contributed by atoms with Crippen LogP contribution < -0.4 is 5.73 Å². The van der Waals surface area contributed by atoms with Crippen molar-refractivity contribution in [2.45, 2.75) is 43.6 Å². The van der Waals surface area contributed by atoms with E-state index in [1.165, 1.54) is 0 Å². The maximum absolute atomic E-state index is 13.0. The lowest BCUT2D eigenvalue weighted by Gasteiger charge is -2.23. The van der Waals surface area contributed by atoms with Gasteiger partial charge in [-0.25, -0.2) is 8.78 Å². The summed E-state index contributed by atoms with van der Waals surface area (Å²) in [6.07, 6.45) is 2.76. The van der Waals surface area contributed by atoms with Crippen molar-refractivity contribution in [3.8, 4) is 0 Å². The molecule has 0 amide bonds. The maximum Gasteiger partial charge on any atom is 0.249 e. The normalized spacial score (nSPS) is 31.1. The summed E-state index contributed by atoms with van der Waals surface area (Å²) < 4.78 is 26.1. The Kier molecular flexibility index (Phi) is 2.52. The highest BCUT2D eigenvalue weighted by Crippen LogP contribution is 2.34. The minimum Gasteiger partial charge on any atom is -0.324 e. The summed E-state index contributed by atoms with van der Waals surface area (Å²) in [6.45, 7) is 2.10. The highest BCUT2D eigenvalue weighted by molar-refractivity contribution is 5.01. The molecule has 4 heteroatoms. The first-order chi connectivity index (χ1) is 6.49. The Hall–Kier alpha value is -0.220. The molecule has 2 aliphatic rings. The number of nitrogens with two attached hydrogens (primary N) is 1. The van der Waals surface area contributed by atoms with Crippen molar-refractivity contribution in [3.63, 3.8) is 0 Å². The molecule has 2 rings (SSSR count). The van der Waals surface area contributed by atoms with Gasteiger partial charge in [-0.1, -0.05) is 0 Å². The van der Waals surface area contributed by atoms with Gasteiger partial charge in [0.25, 0.3) is 0 Å². The van der Waals surface area contributed by atoms with Crippen LogP contribution >= 0.6 is 0 Å². The first-order valence-corrected chi connectivity index (χ1v) is 5.38. The number of halogens is 2. The van der Waals surface area contributed by atoms with Gasteiger partial charge in [-0.2, -0.15) is 0 Å².